The molecule has 1 aliphatic heterocycles. The molecule has 0 amide bonds. The molecule has 0 radical (unpaired) electrons. The number of thiocarbonyl (C=S) groups is 1. The van der Waals surface area contributed by atoms with Crippen LogP contribution in [-0.2, 0) is 0 Å². The Hall–Kier alpha value is -1.09. The molecule has 116 valence electrons. The standard InChI is InChI=1S/C18H28N2S/c1-2-3-4-5-9-12-18(21)20-15-13-19(14-16-20)17-10-7-6-8-11-17/h6-8,10-11H,2-5,9,12-16H2,1H3. The highest BCUT2D eigenvalue weighted by molar-refractivity contribution is 7.80. The van der Waals surface area contributed by atoms with Gasteiger partial charge in [0.1, 0.15) is 0 Å². The summed E-state index contributed by atoms with van der Waals surface area (Å²) in [4.78, 5) is 6.05. The molecule has 1 heterocycles. The molecule has 0 bridgehead atoms. The minimum atomic E-state index is 1.07. The number of para-hydroxylation sites is 1. The van der Waals surface area contributed by atoms with Crippen molar-refractivity contribution in [2.24, 2.45) is 0 Å². The molecular formula is C18H28N2S. The Bertz CT molecular complexity index is 410. The molecule has 1 fully saturated rings. The Kier molecular flexibility index (Phi) is 7.01. The maximum absolute atomic E-state index is 5.61. The van der Waals surface area contributed by atoms with Gasteiger partial charge in [-0.2, -0.15) is 0 Å². The van der Waals surface area contributed by atoms with Gasteiger partial charge in [-0.25, -0.2) is 0 Å². The minimum Gasteiger partial charge on any atom is -0.368 e. The second-order valence-electron chi connectivity index (χ2n) is 5.87. The van der Waals surface area contributed by atoms with E-state index in [2.05, 4.69) is 47.1 Å². The SMILES string of the molecule is CCCCCCCC(=S)N1CCN(c2ccccc2)CC1. The van der Waals surface area contributed by atoms with Crippen molar-refractivity contribution >= 4 is 22.9 Å². The highest BCUT2D eigenvalue weighted by Crippen LogP contribution is 2.17. The van der Waals surface area contributed by atoms with E-state index >= 15 is 0 Å². The Balaban J connectivity index is 1.67. The lowest BCUT2D eigenvalue weighted by molar-refractivity contribution is 0.383. The fourth-order valence-electron chi connectivity index (χ4n) is 2.89. The quantitative estimate of drug-likeness (QED) is 0.541. The summed E-state index contributed by atoms with van der Waals surface area (Å²) in [5, 5.41) is 0. The molecule has 3 heteroatoms. The summed E-state index contributed by atoms with van der Waals surface area (Å²) < 4.78 is 0. The zero-order valence-electron chi connectivity index (χ0n) is 13.3. The van der Waals surface area contributed by atoms with Crippen LogP contribution in [-0.4, -0.2) is 36.1 Å². The van der Waals surface area contributed by atoms with E-state index in [1.807, 2.05) is 0 Å². The maximum Gasteiger partial charge on any atom is 0.0780 e. The first-order valence-electron chi connectivity index (χ1n) is 8.39. The number of hydrogen-bond donors (Lipinski definition) is 0. The predicted octanol–water partition coefficient (Wildman–Crippen LogP) is 4.50. The van der Waals surface area contributed by atoms with Gasteiger partial charge in [-0.05, 0) is 25.0 Å². The zero-order valence-corrected chi connectivity index (χ0v) is 14.1. The number of anilines is 1. The average Bonchev–Trinajstić information content (AvgIpc) is 2.55. The summed E-state index contributed by atoms with van der Waals surface area (Å²) in [5.74, 6) is 0. The van der Waals surface area contributed by atoms with E-state index in [0.29, 0.717) is 0 Å². The van der Waals surface area contributed by atoms with E-state index in [-0.39, 0.29) is 0 Å². The van der Waals surface area contributed by atoms with Crippen LogP contribution in [0.3, 0.4) is 0 Å². The van der Waals surface area contributed by atoms with Gasteiger partial charge in [0.05, 0.1) is 4.99 Å². The molecule has 0 aromatic heterocycles. The molecule has 0 saturated carbocycles. The second-order valence-corrected chi connectivity index (χ2v) is 6.34. The van der Waals surface area contributed by atoms with Crippen LogP contribution in [0.1, 0.15) is 45.4 Å². The maximum atomic E-state index is 5.61. The Morgan fingerprint density at radius 2 is 1.62 bits per heavy atom. The first-order chi connectivity index (χ1) is 10.3. The van der Waals surface area contributed by atoms with Gasteiger partial charge < -0.3 is 9.80 Å². The predicted molar refractivity (Wildman–Crippen MR) is 96.2 cm³/mol. The van der Waals surface area contributed by atoms with E-state index in [1.54, 1.807) is 0 Å². The molecule has 0 unspecified atom stereocenters. The van der Waals surface area contributed by atoms with Crippen molar-refractivity contribution in [1.29, 1.82) is 0 Å². The van der Waals surface area contributed by atoms with Gasteiger partial charge in [0, 0.05) is 31.9 Å². The molecule has 0 N–H and O–H groups in total. The van der Waals surface area contributed by atoms with Crippen LogP contribution in [0.15, 0.2) is 30.3 Å². The first kappa shape index (κ1) is 16.3. The van der Waals surface area contributed by atoms with Crippen molar-refractivity contribution in [3.8, 4) is 0 Å². The third-order valence-corrected chi connectivity index (χ3v) is 4.71. The average molecular weight is 305 g/mol. The summed E-state index contributed by atoms with van der Waals surface area (Å²) in [6.45, 7) is 6.57. The van der Waals surface area contributed by atoms with Gasteiger partial charge in [-0.1, -0.05) is 63.0 Å². The van der Waals surface area contributed by atoms with Crippen molar-refractivity contribution in [3.05, 3.63) is 30.3 Å². The van der Waals surface area contributed by atoms with E-state index < -0.39 is 0 Å². The summed E-state index contributed by atoms with van der Waals surface area (Å²) in [5.41, 5.74) is 1.34. The van der Waals surface area contributed by atoms with E-state index in [0.717, 1.165) is 32.6 Å². The third kappa shape index (κ3) is 5.31. The molecule has 1 aliphatic rings. The Labute approximate surface area is 135 Å². The normalized spacial score (nSPS) is 15.3. The molecular weight excluding hydrogens is 276 g/mol. The van der Waals surface area contributed by atoms with Crippen LogP contribution in [0, 0.1) is 0 Å². The molecule has 0 aliphatic carbocycles. The lowest BCUT2D eigenvalue weighted by atomic mass is 10.1. The number of nitrogens with zero attached hydrogens (tertiary/aromatic N) is 2. The molecule has 2 rings (SSSR count). The summed E-state index contributed by atoms with van der Waals surface area (Å²) in [6, 6.07) is 10.7. The smallest absolute Gasteiger partial charge is 0.0780 e. The zero-order chi connectivity index (χ0) is 14.9. The molecule has 0 atom stereocenters. The van der Waals surface area contributed by atoms with Crippen molar-refractivity contribution in [1.82, 2.24) is 4.90 Å². The van der Waals surface area contributed by atoms with Crippen molar-refractivity contribution in [2.75, 3.05) is 31.1 Å². The van der Waals surface area contributed by atoms with E-state index in [1.165, 1.54) is 42.8 Å². The molecule has 1 aromatic carbocycles. The summed E-state index contributed by atoms with van der Waals surface area (Å²) in [6.07, 6.45) is 7.73. The Morgan fingerprint density at radius 1 is 0.952 bits per heavy atom. The number of piperazine rings is 1. The lowest BCUT2D eigenvalue weighted by Gasteiger charge is -2.37. The van der Waals surface area contributed by atoms with Crippen molar-refractivity contribution in [3.63, 3.8) is 0 Å². The van der Waals surface area contributed by atoms with Gasteiger partial charge in [-0.3, -0.25) is 0 Å². The van der Waals surface area contributed by atoms with Crippen LogP contribution in [0.2, 0.25) is 0 Å². The summed E-state index contributed by atoms with van der Waals surface area (Å²) >= 11 is 5.61. The lowest BCUT2D eigenvalue weighted by Crippen LogP contribution is -2.48. The van der Waals surface area contributed by atoms with Crippen LogP contribution in [0.25, 0.3) is 0 Å². The van der Waals surface area contributed by atoms with Crippen LogP contribution < -0.4 is 4.90 Å². The minimum absolute atomic E-state index is 1.07. The molecule has 1 saturated heterocycles. The first-order valence-corrected chi connectivity index (χ1v) is 8.80. The molecule has 0 spiro atoms. The van der Waals surface area contributed by atoms with Crippen molar-refractivity contribution < 1.29 is 0 Å². The third-order valence-electron chi connectivity index (χ3n) is 4.25. The highest BCUT2D eigenvalue weighted by Gasteiger charge is 2.18. The number of benzene rings is 1. The fraction of sp³-hybridized carbons (Fsp3) is 0.611. The topological polar surface area (TPSA) is 6.48 Å². The highest BCUT2D eigenvalue weighted by atomic mass is 32.1. The van der Waals surface area contributed by atoms with Crippen LogP contribution in [0.5, 0.6) is 0 Å². The van der Waals surface area contributed by atoms with Gasteiger partial charge in [0.2, 0.25) is 0 Å². The van der Waals surface area contributed by atoms with E-state index in [9.17, 15) is 0 Å². The van der Waals surface area contributed by atoms with Crippen molar-refractivity contribution in [2.45, 2.75) is 45.4 Å². The monoisotopic (exact) mass is 304 g/mol. The largest absolute Gasteiger partial charge is 0.368 e. The molecule has 1 aromatic rings. The van der Waals surface area contributed by atoms with Gasteiger partial charge in [0.25, 0.3) is 0 Å². The van der Waals surface area contributed by atoms with E-state index in [4.69, 9.17) is 12.2 Å². The fourth-order valence-corrected chi connectivity index (χ4v) is 3.22. The molecule has 2 nitrogen and oxygen atoms in total. The second kappa shape index (κ2) is 9.04. The van der Waals surface area contributed by atoms with Crippen LogP contribution >= 0.6 is 12.2 Å². The summed E-state index contributed by atoms with van der Waals surface area (Å²) in [7, 11) is 0. The number of unbranched alkanes of at least 4 members (excludes halogenated alkanes) is 4. The van der Waals surface area contributed by atoms with Crippen LogP contribution in [0.4, 0.5) is 5.69 Å². The Morgan fingerprint density at radius 3 is 2.29 bits per heavy atom. The van der Waals surface area contributed by atoms with Gasteiger partial charge >= 0.3 is 0 Å². The number of rotatable bonds is 7. The number of hydrogen-bond acceptors (Lipinski definition) is 2. The van der Waals surface area contributed by atoms with Gasteiger partial charge in [-0.15, -0.1) is 0 Å². The van der Waals surface area contributed by atoms with Gasteiger partial charge in [0.15, 0.2) is 0 Å². The molecule has 21 heavy (non-hydrogen) atoms.